The highest BCUT2D eigenvalue weighted by atomic mass is 19.1. The Hall–Kier alpha value is -0.930. The minimum Gasteiger partial charge on any atom is -0.309 e. The number of nitrogens with zero attached hydrogens (tertiary/aromatic N) is 1. The fourth-order valence-electron chi connectivity index (χ4n) is 2.95. The molecular weight excluding hydrogens is 263 g/mol. The van der Waals surface area contributed by atoms with Crippen LogP contribution in [0.5, 0.6) is 0 Å². The first kappa shape index (κ1) is 16.4. The first-order valence-corrected chi connectivity index (χ1v) is 8.22. The SMILES string of the molecule is CCCNC(CN1CCC(C)(C)CC1)c1ccccc1F. The summed E-state index contributed by atoms with van der Waals surface area (Å²) in [5, 5.41) is 3.51. The van der Waals surface area contributed by atoms with Crippen LogP contribution in [0.15, 0.2) is 24.3 Å². The third-order valence-electron chi connectivity index (χ3n) is 4.57. The maximum Gasteiger partial charge on any atom is 0.128 e. The number of rotatable bonds is 6. The number of benzene rings is 1. The van der Waals surface area contributed by atoms with Gasteiger partial charge in [-0.2, -0.15) is 0 Å². The van der Waals surface area contributed by atoms with Crippen molar-refractivity contribution in [1.29, 1.82) is 0 Å². The first-order chi connectivity index (χ1) is 10.0. The molecule has 1 atom stereocenters. The van der Waals surface area contributed by atoms with Gasteiger partial charge in [0.1, 0.15) is 5.82 Å². The van der Waals surface area contributed by atoms with Crippen LogP contribution in [0, 0.1) is 11.2 Å². The number of nitrogens with one attached hydrogen (secondary N) is 1. The highest BCUT2D eigenvalue weighted by molar-refractivity contribution is 5.21. The Kier molecular flexibility index (Phi) is 5.77. The van der Waals surface area contributed by atoms with Crippen molar-refractivity contribution in [1.82, 2.24) is 10.2 Å². The Morgan fingerprint density at radius 1 is 1.24 bits per heavy atom. The lowest BCUT2D eigenvalue weighted by Gasteiger charge is -2.38. The average Bonchev–Trinajstić information content (AvgIpc) is 2.46. The van der Waals surface area contributed by atoms with Crippen molar-refractivity contribution in [3.05, 3.63) is 35.6 Å². The molecule has 0 aromatic heterocycles. The smallest absolute Gasteiger partial charge is 0.128 e. The Morgan fingerprint density at radius 3 is 2.52 bits per heavy atom. The Morgan fingerprint density at radius 2 is 1.90 bits per heavy atom. The van der Waals surface area contributed by atoms with Gasteiger partial charge in [0, 0.05) is 18.2 Å². The lowest BCUT2D eigenvalue weighted by Crippen LogP contribution is -2.42. The van der Waals surface area contributed by atoms with Crippen LogP contribution in [0.1, 0.15) is 51.6 Å². The molecule has 1 aromatic carbocycles. The van der Waals surface area contributed by atoms with Gasteiger partial charge in [-0.1, -0.05) is 39.0 Å². The highest BCUT2D eigenvalue weighted by Gasteiger charge is 2.27. The van der Waals surface area contributed by atoms with Gasteiger partial charge in [-0.05, 0) is 50.4 Å². The molecule has 21 heavy (non-hydrogen) atoms. The normalized spacial score (nSPS) is 20.4. The summed E-state index contributed by atoms with van der Waals surface area (Å²) in [7, 11) is 0. The monoisotopic (exact) mass is 292 g/mol. The van der Waals surface area contributed by atoms with Gasteiger partial charge >= 0.3 is 0 Å². The molecule has 1 saturated heterocycles. The maximum atomic E-state index is 14.1. The molecular formula is C18H29FN2. The Bertz CT molecular complexity index is 435. The molecule has 0 spiro atoms. The van der Waals surface area contributed by atoms with Crippen LogP contribution in [0.4, 0.5) is 4.39 Å². The Labute approximate surface area is 128 Å². The zero-order valence-electron chi connectivity index (χ0n) is 13.7. The van der Waals surface area contributed by atoms with Crippen LogP contribution in [0.3, 0.4) is 0 Å². The molecule has 1 unspecified atom stereocenters. The molecule has 0 amide bonds. The molecule has 2 nitrogen and oxygen atoms in total. The molecule has 1 aliphatic rings. The molecule has 1 aliphatic heterocycles. The van der Waals surface area contributed by atoms with E-state index in [1.807, 2.05) is 12.1 Å². The molecule has 0 radical (unpaired) electrons. The van der Waals surface area contributed by atoms with Gasteiger partial charge in [-0.15, -0.1) is 0 Å². The summed E-state index contributed by atoms with van der Waals surface area (Å²) < 4.78 is 14.1. The number of hydrogen-bond acceptors (Lipinski definition) is 2. The third kappa shape index (κ3) is 4.79. The van der Waals surface area contributed by atoms with Crippen molar-refractivity contribution < 1.29 is 4.39 Å². The van der Waals surface area contributed by atoms with E-state index < -0.39 is 0 Å². The molecule has 1 heterocycles. The first-order valence-electron chi connectivity index (χ1n) is 8.22. The predicted octanol–water partition coefficient (Wildman–Crippen LogP) is 3.99. The quantitative estimate of drug-likeness (QED) is 0.853. The molecule has 1 N–H and O–H groups in total. The number of likely N-dealkylation sites (tertiary alicyclic amines) is 1. The molecule has 1 aromatic rings. The maximum absolute atomic E-state index is 14.1. The zero-order valence-corrected chi connectivity index (χ0v) is 13.7. The third-order valence-corrected chi connectivity index (χ3v) is 4.57. The Balaban J connectivity index is 2.02. The van der Waals surface area contributed by atoms with Crippen LogP contribution >= 0.6 is 0 Å². The van der Waals surface area contributed by atoms with Crippen molar-refractivity contribution in [3.63, 3.8) is 0 Å². The van der Waals surface area contributed by atoms with Gasteiger partial charge < -0.3 is 10.2 Å². The fourth-order valence-corrected chi connectivity index (χ4v) is 2.95. The predicted molar refractivity (Wildman–Crippen MR) is 86.9 cm³/mol. The van der Waals surface area contributed by atoms with E-state index in [0.29, 0.717) is 5.41 Å². The van der Waals surface area contributed by atoms with E-state index in [1.54, 1.807) is 12.1 Å². The molecule has 2 rings (SSSR count). The summed E-state index contributed by atoms with van der Waals surface area (Å²) in [5.41, 5.74) is 1.26. The molecule has 0 saturated carbocycles. The average molecular weight is 292 g/mol. The van der Waals surface area contributed by atoms with E-state index >= 15 is 0 Å². The topological polar surface area (TPSA) is 15.3 Å². The van der Waals surface area contributed by atoms with Gasteiger partial charge in [0.15, 0.2) is 0 Å². The number of halogens is 1. The second kappa shape index (κ2) is 7.37. The summed E-state index contributed by atoms with van der Waals surface area (Å²) in [5.74, 6) is -0.0940. The van der Waals surface area contributed by atoms with Crippen LogP contribution in [-0.2, 0) is 0 Å². The fraction of sp³-hybridized carbons (Fsp3) is 0.667. The summed E-state index contributed by atoms with van der Waals surface area (Å²) >= 11 is 0. The number of hydrogen-bond donors (Lipinski definition) is 1. The summed E-state index contributed by atoms with van der Waals surface area (Å²) in [6, 6.07) is 7.26. The van der Waals surface area contributed by atoms with Crippen LogP contribution in [-0.4, -0.2) is 31.1 Å². The lowest BCUT2D eigenvalue weighted by molar-refractivity contribution is 0.122. The lowest BCUT2D eigenvalue weighted by atomic mass is 9.82. The molecule has 1 fully saturated rings. The van der Waals surface area contributed by atoms with E-state index in [2.05, 4.69) is 31.0 Å². The van der Waals surface area contributed by atoms with Crippen molar-refractivity contribution in [2.75, 3.05) is 26.2 Å². The van der Waals surface area contributed by atoms with Gasteiger partial charge in [0.25, 0.3) is 0 Å². The second-order valence-corrected chi connectivity index (χ2v) is 6.99. The van der Waals surface area contributed by atoms with Crippen molar-refractivity contribution >= 4 is 0 Å². The largest absolute Gasteiger partial charge is 0.309 e. The van der Waals surface area contributed by atoms with Crippen LogP contribution in [0.25, 0.3) is 0 Å². The van der Waals surface area contributed by atoms with Crippen molar-refractivity contribution in [3.8, 4) is 0 Å². The summed E-state index contributed by atoms with van der Waals surface area (Å²) in [4.78, 5) is 2.48. The minimum atomic E-state index is -0.0940. The van der Waals surface area contributed by atoms with Crippen LogP contribution < -0.4 is 5.32 Å². The van der Waals surface area contributed by atoms with E-state index in [9.17, 15) is 4.39 Å². The standard InChI is InChI=1S/C18H29FN2/c1-4-11-20-17(15-7-5-6-8-16(15)19)14-21-12-9-18(2,3)10-13-21/h5-8,17,20H,4,9-14H2,1-3H3. The van der Waals surface area contributed by atoms with E-state index in [4.69, 9.17) is 0 Å². The second-order valence-electron chi connectivity index (χ2n) is 6.99. The minimum absolute atomic E-state index is 0.0902. The summed E-state index contributed by atoms with van der Waals surface area (Å²) in [6.45, 7) is 10.9. The van der Waals surface area contributed by atoms with E-state index in [-0.39, 0.29) is 11.9 Å². The highest BCUT2D eigenvalue weighted by Crippen LogP contribution is 2.30. The van der Waals surface area contributed by atoms with Crippen LogP contribution in [0.2, 0.25) is 0 Å². The van der Waals surface area contributed by atoms with E-state index in [1.165, 1.54) is 12.8 Å². The number of piperidine rings is 1. The molecule has 3 heteroatoms. The van der Waals surface area contributed by atoms with Gasteiger partial charge in [-0.25, -0.2) is 4.39 Å². The molecule has 118 valence electrons. The van der Waals surface area contributed by atoms with Gasteiger partial charge in [0.05, 0.1) is 0 Å². The molecule has 0 bridgehead atoms. The summed E-state index contributed by atoms with van der Waals surface area (Å²) in [6.07, 6.45) is 3.52. The molecule has 0 aliphatic carbocycles. The van der Waals surface area contributed by atoms with E-state index in [0.717, 1.165) is 38.2 Å². The van der Waals surface area contributed by atoms with Crippen molar-refractivity contribution in [2.45, 2.75) is 46.1 Å². The van der Waals surface area contributed by atoms with Gasteiger partial charge in [0.2, 0.25) is 0 Å². The van der Waals surface area contributed by atoms with Crippen molar-refractivity contribution in [2.24, 2.45) is 5.41 Å². The van der Waals surface area contributed by atoms with Gasteiger partial charge in [-0.3, -0.25) is 0 Å². The zero-order chi connectivity index (χ0) is 15.3.